The second-order valence-electron chi connectivity index (χ2n) is 9.60. The molecule has 12 heteroatoms. The molecule has 0 bridgehead atoms. The number of aliphatic hydroxyl groups is 2. The lowest BCUT2D eigenvalue weighted by molar-refractivity contribution is -0.132. The maximum atomic E-state index is 12.9. The maximum absolute atomic E-state index is 12.9. The zero-order valence-electron chi connectivity index (χ0n) is 19.5. The Bertz CT molecular complexity index is 1020. The number of hydrogen-bond acceptors (Lipinski definition) is 9. The number of nitrogens with one attached hydrogen (secondary N) is 2. The summed E-state index contributed by atoms with van der Waals surface area (Å²) in [6.07, 6.45) is 4.21. The van der Waals surface area contributed by atoms with Gasteiger partial charge in [0.05, 0.1) is 30.6 Å². The molecule has 0 aromatic carbocycles. The highest BCUT2D eigenvalue weighted by molar-refractivity contribution is 6.01. The van der Waals surface area contributed by atoms with Gasteiger partial charge in [-0.3, -0.25) is 14.4 Å². The molecule has 0 aliphatic carbocycles. The molecule has 0 radical (unpaired) electrons. The van der Waals surface area contributed by atoms with Gasteiger partial charge in [-0.1, -0.05) is 0 Å². The third-order valence-corrected chi connectivity index (χ3v) is 5.08. The zero-order chi connectivity index (χ0) is 24.4. The first-order chi connectivity index (χ1) is 15.3. The first-order valence-corrected chi connectivity index (χ1v) is 10.6. The van der Waals surface area contributed by atoms with Crippen LogP contribution in [-0.4, -0.2) is 72.9 Å². The minimum atomic E-state index is -1.76. The fourth-order valence-electron chi connectivity index (χ4n) is 3.15. The van der Waals surface area contributed by atoms with Crippen molar-refractivity contribution in [2.24, 2.45) is 0 Å². The molecule has 0 spiro atoms. The topological polar surface area (TPSA) is 155 Å². The Morgan fingerprint density at radius 3 is 2.70 bits per heavy atom. The van der Waals surface area contributed by atoms with Crippen LogP contribution in [0.4, 0.5) is 22.2 Å². The quantitative estimate of drug-likeness (QED) is 0.475. The van der Waals surface area contributed by atoms with Crippen molar-refractivity contribution in [2.45, 2.75) is 57.8 Å². The van der Waals surface area contributed by atoms with E-state index in [1.54, 1.807) is 43.9 Å². The van der Waals surface area contributed by atoms with Gasteiger partial charge in [0.25, 0.3) is 5.91 Å². The minimum Gasteiger partial charge on any atom is -0.444 e. The van der Waals surface area contributed by atoms with Gasteiger partial charge in [0.2, 0.25) is 5.95 Å². The highest BCUT2D eigenvalue weighted by atomic mass is 16.6. The van der Waals surface area contributed by atoms with Gasteiger partial charge in [-0.2, -0.15) is 10.1 Å². The van der Waals surface area contributed by atoms with E-state index in [1.807, 2.05) is 13.8 Å². The average molecular weight is 462 g/mol. The van der Waals surface area contributed by atoms with Crippen LogP contribution in [0.15, 0.2) is 24.7 Å². The fraction of sp³-hybridized carbons (Fsp3) is 0.571. The lowest BCUT2D eigenvalue weighted by Crippen LogP contribution is -2.49. The minimum absolute atomic E-state index is 0.0805. The first kappa shape index (κ1) is 24.4. The molecule has 4 N–H and O–H groups in total. The molecule has 2 aromatic heterocycles. The lowest BCUT2D eigenvalue weighted by Gasteiger charge is -2.24. The van der Waals surface area contributed by atoms with E-state index in [-0.39, 0.29) is 32.1 Å². The number of amides is 2. The molecule has 1 aliphatic rings. The Balaban J connectivity index is 1.67. The molecule has 1 aliphatic heterocycles. The van der Waals surface area contributed by atoms with Gasteiger partial charge in [0.15, 0.2) is 5.60 Å². The third kappa shape index (κ3) is 5.76. The van der Waals surface area contributed by atoms with Crippen molar-refractivity contribution in [3.05, 3.63) is 24.7 Å². The number of hydrogen-bond donors (Lipinski definition) is 4. The van der Waals surface area contributed by atoms with Crippen molar-refractivity contribution < 1.29 is 24.5 Å². The summed E-state index contributed by atoms with van der Waals surface area (Å²) >= 11 is 0. The van der Waals surface area contributed by atoms with E-state index in [1.165, 1.54) is 11.1 Å². The standard InChI is InChI=1S/C21H31N7O5/c1-19(2,3)33-18(31)23-12-21(32)7-9-27(16(21)30)15-6-8-22-17(26-15)25-14-10-24-28(11-14)20(4,5)13-29/h6,8,10-11,29,32H,7,9,12-13H2,1-5H3,(H,23,31)(H,22,25,26)/t21-/m0/s1. The number of aromatic nitrogens is 4. The van der Waals surface area contributed by atoms with Gasteiger partial charge in [0, 0.05) is 25.4 Å². The molecule has 3 rings (SSSR count). The molecule has 1 saturated heterocycles. The Kier molecular flexibility index (Phi) is 6.61. The molecular formula is C21H31N7O5. The molecule has 1 atom stereocenters. The molecular weight excluding hydrogens is 430 g/mol. The van der Waals surface area contributed by atoms with Crippen LogP contribution in [-0.2, 0) is 15.1 Å². The molecule has 2 aromatic rings. The lowest BCUT2D eigenvalue weighted by atomic mass is 10.0. The molecule has 180 valence electrons. The van der Waals surface area contributed by atoms with Gasteiger partial charge in [0.1, 0.15) is 11.4 Å². The largest absolute Gasteiger partial charge is 0.444 e. The molecule has 2 amide bonds. The van der Waals surface area contributed by atoms with Gasteiger partial charge in [-0.15, -0.1) is 0 Å². The van der Waals surface area contributed by atoms with E-state index < -0.39 is 28.7 Å². The zero-order valence-corrected chi connectivity index (χ0v) is 19.5. The fourth-order valence-corrected chi connectivity index (χ4v) is 3.15. The van der Waals surface area contributed by atoms with Crippen LogP contribution in [0.2, 0.25) is 0 Å². The van der Waals surface area contributed by atoms with Crippen LogP contribution in [0.25, 0.3) is 0 Å². The second-order valence-corrected chi connectivity index (χ2v) is 9.60. The molecule has 1 fully saturated rings. The van der Waals surface area contributed by atoms with Crippen molar-refractivity contribution in [3.8, 4) is 0 Å². The number of rotatable bonds is 7. The number of carbonyl (C=O) groups is 2. The molecule has 0 saturated carbocycles. The van der Waals surface area contributed by atoms with Gasteiger partial charge >= 0.3 is 6.09 Å². The van der Waals surface area contributed by atoms with E-state index in [4.69, 9.17) is 4.74 Å². The Labute approximate surface area is 192 Å². The first-order valence-electron chi connectivity index (χ1n) is 10.6. The summed E-state index contributed by atoms with van der Waals surface area (Å²) < 4.78 is 6.78. The summed E-state index contributed by atoms with van der Waals surface area (Å²) in [7, 11) is 0. The SMILES string of the molecule is CC(C)(C)OC(=O)NC[C@@]1(O)CCN(c2ccnc(Nc3cnn(C(C)(C)CO)c3)n2)C1=O. The summed E-state index contributed by atoms with van der Waals surface area (Å²) in [6, 6.07) is 1.56. The smallest absolute Gasteiger partial charge is 0.407 e. The summed E-state index contributed by atoms with van der Waals surface area (Å²) in [5, 5.41) is 30.0. The predicted molar refractivity (Wildman–Crippen MR) is 120 cm³/mol. The van der Waals surface area contributed by atoms with E-state index >= 15 is 0 Å². The molecule has 0 unspecified atom stereocenters. The number of ether oxygens (including phenoxy) is 1. The number of carbonyl (C=O) groups excluding carboxylic acids is 2. The summed E-state index contributed by atoms with van der Waals surface area (Å²) in [4.78, 5) is 34.7. The van der Waals surface area contributed by atoms with Crippen molar-refractivity contribution in [1.29, 1.82) is 0 Å². The van der Waals surface area contributed by atoms with Crippen LogP contribution in [0.3, 0.4) is 0 Å². The summed E-state index contributed by atoms with van der Waals surface area (Å²) in [5.74, 6) is -0.0153. The van der Waals surface area contributed by atoms with Crippen LogP contribution in [0.5, 0.6) is 0 Å². The molecule has 3 heterocycles. The van der Waals surface area contributed by atoms with Crippen molar-refractivity contribution in [1.82, 2.24) is 25.1 Å². The molecule has 12 nitrogen and oxygen atoms in total. The van der Waals surface area contributed by atoms with E-state index in [2.05, 4.69) is 25.7 Å². The Morgan fingerprint density at radius 2 is 2.03 bits per heavy atom. The van der Waals surface area contributed by atoms with Crippen LogP contribution in [0, 0.1) is 0 Å². The normalized spacial score (nSPS) is 19.0. The van der Waals surface area contributed by atoms with Crippen molar-refractivity contribution >= 4 is 29.5 Å². The highest BCUT2D eigenvalue weighted by Crippen LogP contribution is 2.28. The summed E-state index contributed by atoms with van der Waals surface area (Å²) in [5.41, 5.74) is -2.40. The van der Waals surface area contributed by atoms with E-state index in [9.17, 15) is 19.8 Å². The maximum Gasteiger partial charge on any atom is 0.407 e. The van der Waals surface area contributed by atoms with Crippen LogP contribution in [0.1, 0.15) is 41.0 Å². The van der Waals surface area contributed by atoms with E-state index in [0.29, 0.717) is 11.5 Å². The van der Waals surface area contributed by atoms with E-state index in [0.717, 1.165) is 0 Å². The van der Waals surface area contributed by atoms with Crippen molar-refractivity contribution in [2.75, 3.05) is 29.9 Å². The van der Waals surface area contributed by atoms with Crippen LogP contribution >= 0.6 is 0 Å². The van der Waals surface area contributed by atoms with Crippen LogP contribution < -0.4 is 15.5 Å². The predicted octanol–water partition coefficient (Wildman–Crippen LogP) is 1.14. The number of alkyl carbamates (subject to hydrolysis) is 1. The number of nitrogens with zero attached hydrogens (tertiary/aromatic N) is 5. The third-order valence-electron chi connectivity index (χ3n) is 5.08. The molecule has 33 heavy (non-hydrogen) atoms. The van der Waals surface area contributed by atoms with Gasteiger partial charge in [-0.05, 0) is 40.7 Å². The van der Waals surface area contributed by atoms with Crippen molar-refractivity contribution in [3.63, 3.8) is 0 Å². The monoisotopic (exact) mass is 461 g/mol. The Morgan fingerprint density at radius 1 is 1.30 bits per heavy atom. The van der Waals surface area contributed by atoms with Gasteiger partial charge < -0.3 is 25.6 Å². The summed E-state index contributed by atoms with van der Waals surface area (Å²) in [6.45, 7) is 8.74. The second kappa shape index (κ2) is 8.94. The number of aliphatic hydroxyl groups excluding tert-OH is 1. The van der Waals surface area contributed by atoms with Gasteiger partial charge in [-0.25, -0.2) is 9.78 Å². The Hall–Kier alpha value is -3.25. The highest BCUT2D eigenvalue weighted by Gasteiger charge is 2.46. The number of anilines is 3. The average Bonchev–Trinajstić information content (AvgIpc) is 3.31.